The van der Waals surface area contributed by atoms with Gasteiger partial charge in [-0.3, -0.25) is 4.79 Å². The molecular weight excluding hydrogens is 169 g/mol. The molecule has 0 aliphatic carbocycles. The van der Waals surface area contributed by atoms with Crippen molar-refractivity contribution in [1.82, 2.24) is 0 Å². The molecule has 1 N–H and O–H groups in total. The molecule has 0 aliphatic rings. The van der Waals surface area contributed by atoms with Crippen LogP contribution in [0.3, 0.4) is 0 Å². The molecule has 0 atom stereocenters. The van der Waals surface area contributed by atoms with E-state index < -0.39 is 11.8 Å². The molecule has 0 amide bonds. The first-order valence-corrected chi connectivity index (χ1v) is 1.38. The van der Waals surface area contributed by atoms with Gasteiger partial charge in [0.05, 0.1) is 0 Å². The number of carboxylic acids is 1. The Morgan fingerprint density at radius 1 is 1.43 bits per heavy atom. The normalized spacial score (nSPS) is 6.43. The average Bonchev–Trinajstić information content (AvgIpc) is 1.36. The van der Waals surface area contributed by atoms with E-state index in [0.717, 1.165) is 6.92 Å². The number of Topliss-reactive ketones (excluding diaryl/α,β-unsaturated/α-hetero) is 1. The number of rotatable bonds is 1. The summed E-state index contributed by atoms with van der Waals surface area (Å²) < 4.78 is 0. The molecule has 0 fully saturated rings. The molecule has 7 heavy (non-hydrogen) atoms. The standard InChI is InChI=1S/C3H4O3.Rb.H/c1-2(4)3(5)6;;/h1H3,(H,5,6);;. The molecule has 0 saturated carbocycles. The van der Waals surface area contributed by atoms with Crippen LogP contribution in [0.5, 0.6) is 0 Å². The Kier molecular flexibility index (Phi) is 7.88. The zero-order valence-corrected chi connectivity index (χ0v) is 3.26. The van der Waals surface area contributed by atoms with Crippen molar-refractivity contribution in [2.45, 2.75) is 6.92 Å². The summed E-state index contributed by atoms with van der Waals surface area (Å²) in [5.74, 6) is -2.20. The molecule has 0 bridgehead atoms. The SMILES string of the molecule is CC(=O)C(=O)O.[RbH]. The van der Waals surface area contributed by atoms with Gasteiger partial charge in [-0.2, -0.15) is 0 Å². The van der Waals surface area contributed by atoms with E-state index in [2.05, 4.69) is 0 Å². The van der Waals surface area contributed by atoms with Gasteiger partial charge in [0, 0.05) is 6.92 Å². The van der Waals surface area contributed by atoms with Gasteiger partial charge in [0.1, 0.15) is 0 Å². The van der Waals surface area contributed by atoms with Gasteiger partial charge in [0.25, 0.3) is 0 Å². The maximum atomic E-state index is 9.54. The monoisotopic (exact) mass is 174 g/mol. The molecule has 0 aliphatic heterocycles. The van der Waals surface area contributed by atoms with E-state index in [1.54, 1.807) is 0 Å². The van der Waals surface area contributed by atoms with Gasteiger partial charge in [-0.1, -0.05) is 0 Å². The van der Waals surface area contributed by atoms with Crippen molar-refractivity contribution in [1.29, 1.82) is 0 Å². The average molecular weight is 175 g/mol. The Morgan fingerprint density at radius 3 is 1.57 bits per heavy atom. The Labute approximate surface area is 89.9 Å². The molecule has 0 heterocycles. The number of hydrogen-bond acceptors (Lipinski definition) is 2. The number of carbonyl (C=O) groups is 2. The van der Waals surface area contributed by atoms with E-state index >= 15 is 0 Å². The summed E-state index contributed by atoms with van der Waals surface area (Å²) in [4.78, 5) is 18.9. The van der Waals surface area contributed by atoms with E-state index in [0.29, 0.717) is 0 Å². The molecule has 0 radical (unpaired) electrons. The second-order valence-corrected chi connectivity index (χ2v) is 0.861. The summed E-state index contributed by atoms with van der Waals surface area (Å²) in [7, 11) is 0. The van der Waals surface area contributed by atoms with Crippen molar-refractivity contribution in [3.63, 3.8) is 0 Å². The summed E-state index contributed by atoms with van der Waals surface area (Å²) >= 11 is 0. The molecule has 0 rings (SSSR count). The number of carbonyl (C=O) groups excluding carboxylic acids is 1. The quantitative estimate of drug-likeness (QED) is 0.520. The van der Waals surface area contributed by atoms with E-state index in [4.69, 9.17) is 5.11 Å². The van der Waals surface area contributed by atoms with Gasteiger partial charge >= 0.3 is 64.2 Å². The van der Waals surface area contributed by atoms with E-state index in [1.807, 2.05) is 0 Å². The third kappa shape index (κ3) is 6.95. The summed E-state index contributed by atoms with van der Waals surface area (Å²) in [5, 5.41) is 7.64. The van der Waals surface area contributed by atoms with Gasteiger partial charge < -0.3 is 5.11 Å². The summed E-state index contributed by atoms with van der Waals surface area (Å²) in [6, 6.07) is 0. The van der Waals surface area contributed by atoms with Crippen molar-refractivity contribution < 1.29 is 14.7 Å². The fraction of sp³-hybridized carbons (Fsp3) is 0.333. The van der Waals surface area contributed by atoms with E-state index in [9.17, 15) is 9.59 Å². The fourth-order valence-corrected chi connectivity index (χ4v) is 0. The Bertz CT molecular complexity index is 76.2. The van der Waals surface area contributed by atoms with Crippen LogP contribution in [-0.4, -0.2) is 75.0 Å². The first-order valence-electron chi connectivity index (χ1n) is 1.38. The van der Waals surface area contributed by atoms with Crippen molar-refractivity contribution in [2.75, 3.05) is 0 Å². The molecule has 0 saturated heterocycles. The predicted molar refractivity (Wildman–Crippen MR) is 25.5 cm³/mol. The van der Waals surface area contributed by atoms with Crippen LogP contribution in [0, 0.1) is 0 Å². The zero-order chi connectivity index (χ0) is 5.15. The number of ketones is 1. The van der Waals surface area contributed by atoms with Crippen molar-refractivity contribution >= 4 is 69.9 Å². The maximum absolute atomic E-state index is 9.54. The predicted octanol–water partition coefficient (Wildman–Crippen LogP) is -0.989. The molecule has 3 nitrogen and oxygen atoms in total. The molecule has 4 heteroatoms. The minimum absolute atomic E-state index is 0. The fourth-order valence-electron chi connectivity index (χ4n) is 0. The van der Waals surface area contributed by atoms with Crippen LogP contribution in [0.25, 0.3) is 0 Å². The van der Waals surface area contributed by atoms with Gasteiger partial charge in [0.2, 0.25) is 5.78 Å². The summed E-state index contributed by atoms with van der Waals surface area (Å²) in [6.07, 6.45) is 0. The van der Waals surface area contributed by atoms with Crippen LogP contribution in [0.2, 0.25) is 0 Å². The molecule has 0 aromatic heterocycles. The zero-order valence-electron chi connectivity index (χ0n) is 3.26. The molecular formula is C3H5O3Rb. The Hall–Kier alpha value is 0.945. The first-order chi connectivity index (χ1) is 2.64. The molecule has 0 spiro atoms. The van der Waals surface area contributed by atoms with Crippen LogP contribution in [-0.2, 0) is 9.59 Å². The van der Waals surface area contributed by atoms with E-state index in [1.165, 1.54) is 0 Å². The van der Waals surface area contributed by atoms with Crippen LogP contribution in [0.1, 0.15) is 6.92 Å². The third-order valence-corrected chi connectivity index (χ3v) is 0.301. The number of carboxylic acid groups (broad SMARTS) is 1. The number of hydrogen-bond donors (Lipinski definition) is 1. The summed E-state index contributed by atoms with van der Waals surface area (Å²) in [5.41, 5.74) is 0. The summed E-state index contributed by atoms with van der Waals surface area (Å²) in [6.45, 7) is 1.00. The van der Waals surface area contributed by atoms with Gasteiger partial charge in [0.15, 0.2) is 0 Å². The van der Waals surface area contributed by atoms with Crippen molar-refractivity contribution in [2.24, 2.45) is 0 Å². The molecule has 36 valence electrons. The topological polar surface area (TPSA) is 54.4 Å². The molecule has 0 unspecified atom stereocenters. The molecule has 0 aromatic carbocycles. The third-order valence-electron chi connectivity index (χ3n) is 0.301. The van der Waals surface area contributed by atoms with Crippen molar-refractivity contribution in [3.8, 4) is 0 Å². The number of aliphatic carboxylic acids is 1. The van der Waals surface area contributed by atoms with Crippen LogP contribution in [0.15, 0.2) is 0 Å². The molecule has 0 aromatic rings. The van der Waals surface area contributed by atoms with Crippen LogP contribution < -0.4 is 0 Å². The van der Waals surface area contributed by atoms with Gasteiger partial charge in [-0.05, 0) is 0 Å². The van der Waals surface area contributed by atoms with Crippen molar-refractivity contribution in [3.05, 3.63) is 0 Å². The van der Waals surface area contributed by atoms with Gasteiger partial charge in [-0.25, -0.2) is 4.79 Å². The second kappa shape index (κ2) is 5.09. The van der Waals surface area contributed by atoms with Crippen LogP contribution >= 0.6 is 0 Å². The Balaban J connectivity index is 0. The van der Waals surface area contributed by atoms with Crippen LogP contribution in [0.4, 0.5) is 0 Å². The minimum atomic E-state index is -1.38. The van der Waals surface area contributed by atoms with E-state index in [-0.39, 0.29) is 58.2 Å². The first kappa shape index (κ1) is 10.8. The second-order valence-electron chi connectivity index (χ2n) is 0.861. The van der Waals surface area contributed by atoms with Gasteiger partial charge in [-0.15, -0.1) is 0 Å². The Morgan fingerprint density at radius 2 is 1.57 bits per heavy atom.